The summed E-state index contributed by atoms with van der Waals surface area (Å²) < 4.78 is 1.70. The van der Waals surface area contributed by atoms with Crippen molar-refractivity contribution in [3.63, 3.8) is 0 Å². The van der Waals surface area contributed by atoms with Gasteiger partial charge in [0.25, 0.3) is 5.91 Å². The average Bonchev–Trinajstić information content (AvgIpc) is 2.21. The van der Waals surface area contributed by atoms with Crippen molar-refractivity contribution >= 4 is 50.2 Å². The highest BCUT2D eigenvalue weighted by molar-refractivity contribution is 14.1. The van der Waals surface area contributed by atoms with Crippen molar-refractivity contribution in [2.75, 3.05) is 0 Å². The average molecular weight is 396 g/mol. The first-order valence-electron chi connectivity index (χ1n) is 4.68. The molecule has 1 unspecified atom stereocenters. The van der Waals surface area contributed by atoms with Crippen LogP contribution in [0.15, 0.2) is 22.7 Å². The van der Waals surface area contributed by atoms with E-state index in [0.29, 0.717) is 5.56 Å². The lowest BCUT2D eigenvalue weighted by Gasteiger charge is -2.11. The quantitative estimate of drug-likeness (QED) is 0.800. The van der Waals surface area contributed by atoms with Gasteiger partial charge in [0.2, 0.25) is 0 Å². The van der Waals surface area contributed by atoms with E-state index >= 15 is 0 Å². The van der Waals surface area contributed by atoms with Crippen LogP contribution in [-0.2, 0) is 4.79 Å². The SMILES string of the molecule is CC(=O)C(C)NC(=O)c1cc(I)ccc1Br. The smallest absolute Gasteiger partial charge is 0.253 e. The zero-order valence-corrected chi connectivity index (χ0v) is 12.6. The van der Waals surface area contributed by atoms with Gasteiger partial charge in [-0.1, -0.05) is 0 Å². The number of amides is 1. The van der Waals surface area contributed by atoms with Crippen molar-refractivity contribution in [2.45, 2.75) is 19.9 Å². The van der Waals surface area contributed by atoms with Gasteiger partial charge in [0, 0.05) is 8.04 Å². The second kappa shape index (κ2) is 5.77. The molecule has 5 heteroatoms. The Morgan fingerprint density at radius 3 is 2.62 bits per heavy atom. The summed E-state index contributed by atoms with van der Waals surface area (Å²) >= 11 is 5.44. The molecular weight excluding hydrogens is 385 g/mol. The molecule has 0 aliphatic rings. The Bertz CT molecular complexity index is 434. The summed E-state index contributed by atoms with van der Waals surface area (Å²) in [7, 11) is 0. The molecule has 1 aromatic carbocycles. The number of Topliss-reactive ketones (excluding diaryl/α,β-unsaturated/α-hetero) is 1. The van der Waals surface area contributed by atoms with Gasteiger partial charge in [0.05, 0.1) is 11.6 Å². The minimum atomic E-state index is -0.461. The molecule has 0 spiro atoms. The number of ketones is 1. The van der Waals surface area contributed by atoms with Crippen LogP contribution in [0.25, 0.3) is 0 Å². The summed E-state index contributed by atoms with van der Waals surface area (Å²) in [4.78, 5) is 22.9. The Hall–Kier alpha value is -0.430. The standard InChI is InChI=1S/C11H11BrINO2/c1-6(7(2)15)14-11(16)9-5-8(13)3-4-10(9)12/h3-6H,1-2H3,(H,14,16). The highest BCUT2D eigenvalue weighted by atomic mass is 127. The number of hydrogen-bond donors (Lipinski definition) is 1. The Kier molecular flexibility index (Phi) is 4.91. The molecule has 16 heavy (non-hydrogen) atoms. The van der Waals surface area contributed by atoms with Crippen molar-refractivity contribution in [1.82, 2.24) is 5.32 Å². The molecule has 1 rings (SSSR count). The second-order valence-corrected chi connectivity index (χ2v) is 5.53. The van der Waals surface area contributed by atoms with Crippen molar-refractivity contribution in [2.24, 2.45) is 0 Å². The largest absolute Gasteiger partial charge is 0.342 e. The zero-order valence-electron chi connectivity index (χ0n) is 8.88. The van der Waals surface area contributed by atoms with Crippen LogP contribution in [-0.4, -0.2) is 17.7 Å². The molecule has 3 nitrogen and oxygen atoms in total. The van der Waals surface area contributed by atoms with Crippen LogP contribution in [0, 0.1) is 3.57 Å². The first-order chi connectivity index (χ1) is 7.41. The molecule has 0 fully saturated rings. The fourth-order valence-electron chi connectivity index (χ4n) is 1.05. The molecule has 0 bridgehead atoms. The maximum absolute atomic E-state index is 11.8. The van der Waals surface area contributed by atoms with Gasteiger partial charge < -0.3 is 5.32 Å². The lowest BCUT2D eigenvalue weighted by molar-refractivity contribution is -0.118. The Labute approximate surface area is 116 Å². The monoisotopic (exact) mass is 395 g/mol. The van der Waals surface area contributed by atoms with E-state index in [1.807, 2.05) is 12.1 Å². The molecule has 0 aliphatic heterocycles. The topological polar surface area (TPSA) is 46.2 Å². The van der Waals surface area contributed by atoms with E-state index in [-0.39, 0.29) is 11.7 Å². The first kappa shape index (κ1) is 13.6. The summed E-state index contributed by atoms with van der Waals surface area (Å²) in [6.45, 7) is 3.12. The Morgan fingerprint density at radius 2 is 2.06 bits per heavy atom. The minimum absolute atomic E-state index is 0.0601. The van der Waals surface area contributed by atoms with E-state index in [2.05, 4.69) is 43.8 Å². The zero-order chi connectivity index (χ0) is 12.3. The maximum atomic E-state index is 11.8. The van der Waals surface area contributed by atoms with Gasteiger partial charge in [0.1, 0.15) is 0 Å². The van der Waals surface area contributed by atoms with Crippen molar-refractivity contribution < 1.29 is 9.59 Å². The minimum Gasteiger partial charge on any atom is -0.342 e. The highest BCUT2D eigenvalue weighted by Crippen LogP contribution is 2.19. The van der Waals surface area contributed by atoms with Crippen molar-refractivity contribution in [3.8, 4) is 0 Å². The summed E-state index contributed by atoms with van der Waals surface area (Å²) in [6, 6.07) is 5.02. The number of carbonyl (C=O) groups is 2. The molecular formula is C11H11BrINO2. The molecule has 0 aromatic heterocycles. The lowest BCUT2D eigenvalue weighted by Crippen LogP contribution is -2.37. The van der Waals surface area contributed by atoms with Gasteiger partial charge >= 0.3 is 0 Å². The molecule has 86 valence electrons. The van der Waals surface area contributed by atoms with Crippen molar-refractivity contribution in [3.05, 3.63) is 31.8 Å². The van der Waals surface area contributed by atoms with Gasteiger partial charge in [-0.3, -0.25) is 9.59 Å². The molecule has 0 aliphatic carbocycles. The number of benzene rings is 1. The Balaban J connectivity index is 2.88. The maximum Gasteiger partial charge on any atom is 0.253 e. The summed E-state index contributed by atoms with van der Waals surface area (Å²) in [5, 5.41) is 2.64. The van der Waals surface area contributed by atoms with Crippen LogP contribution in [0.5, 0.6) is 0 Å². The number of halogens is 2. The number of hydrogen-bond acceptors (Lipinski definition) is 2. The molecule has 1 amide bonds. The fourth-order valence-corrected chi connectivity index (χ4v) is 1.97. The lowest BCUT2D eigenvalue weighted by atomic mass is 10.2. The third kappa shape index (κ3) is 3.55. The third-order valence-corrected chi connectivity index (χ3v) is 3.49. The van der Waals surface area contributed by atoms with Gasteiger partial charge in [-0.2, -0.15) is 0 Å². The highest BCUT2D eigenvalue weighted by Gasteiger charge is 2.15. The molecule has 1 N–H and O–H groups in total. The van der Waals surface area contributed by atoms with E-state index in [0.717, 1.165) is 8.04 Å². The third-order valence-electron chi connectivity index (χ3n) is 2.13. The predicted octanol–water partition coefficient (Wildman–Crippen LogP) is 2.76. The van der Waals surface area contributed by atoms with E-state index in [1.54, 1.807) is 13.0 Å². The van der Waals surface area contributed by atoms with E-state index in [1.165, 1.54) is 6.92 Å². The summed E-state index contributed by atoms with van der Waals surface area (Å²) in [6.07, 6.45) is 0. The normalized spacial score (nSPS) is 12.0. The predicted molar refractivity (Wildman–Crippen MR) is 74.5 cm³/mol. The Morgan fingerprint density at radius 1 is 1.44 bits per heavy atom. The summed E-state index contributed by atoms with van der Waals surface area (Å²) in [5.41, 5.74) is 0.542. The number of nitrogens with one attached hydrogen (secondary N) is 1. The van der Waals surface area contributed by atoms with E-state index in [9.17, 15) is 9.59 Å². The van der Waals surface area contributed by atoms with Crippen LogP contribution >= 0.6 is 38.5 Å². The molecule has 1 atom stereocenters. The van der Waals surface area contributed by atoms with Crippen molar-refractivity contribution in [1.29, 1.82) is 0 Å². The van der Waals surface area contributed by atoms with Gasteiger partial charge in [-0.05, 0) is 70.6 Å². The van der Waals surface area contributed by atoms with E-state index in [4.69, 9.17) is 0 Å². The van der Waals surface area contributed by atoms with Crippen LogP contribution in [0.1, 0.15) is 24.2 Å². The second-order valence-electron chi connectivity index (χ2n) is 3.43. The van der Waals surface area contributed by atoms with Gasteiger partial charge in [0.15, 0.2) is 5.78 Å². The van der Waals surface area contributed by atoms with Crippen LogP contribution in [0.2, 0.25) is 0 Å². The summed E-state index contributed by atoms with van der Waals surface area (Å²) in [5.74, 6) is -0.303. The number of rotatable bonds is 3. The molecule has 1 aromatic rings. The van der Waals surface area contributed by atoms with E-state index < -0.39 is 6.04 Å². The first-order valence-corrected chi connectivity index (χ1v) is 6.55. The fraction of sp³-hybridized carbons (Fsp3) is 0.273. The molecule has 0 radical (unpaired) electrons. The van der Waals surface area contributed by atoms with Gasteiger partial charge in [-0.25, -0.2) is 0 Å². The van der Waals surface area contributed by atoms with Crippen LogP contribution in [0.4, 0.5) is 0 Å². The molecule has 0 saturated heterocycles. The number of carbonyl (C=O) groups excluding carboxylic acids is 2. The van der Waals surface area contributed by atoms with Crippen LogP contribution in [0.3, 0.4) is 0 Å². The molecule has 0 heterocycles. The van der Waals surface area contributed by atoms with Gasteiger partial charge in [-0.15, -0.1) is 0 Å². The molecule has 0 saturated carbocycles. The van der Waals surface area contributed by atoms with Crippen LogP contribution < -0.4 is 5.32 Å².